The minimum atomic E-state index is 0.0445. The van der Waals surface area contributed by atoms with E-state index >= 15 is 0 Å². The van der Waals surface area contributed by atoms with Crippen LogP contribution in [0.3, 0.4) is 0 Å². The molecule has 1 amide bonds. The lowest BCUT2D eigenvalue weighted by atomic mass is 10.1. The van der Waals surface area contributed by atoms with Gasteiger partial charge < -0.3 is 9.80 Å². The maximum absolute atomic E-state index is 12.2. The predicted octanol–water partition coefficient (Wildman–Crippen LogP) is 1.71. The molecule has 1 heterocycles. The zero-order valence-electron chi connectivity index (χ0n) is 12.1. The quantitative estimate of drug-likeness (QED) is 0.901. The Labute approximate surface area is 119 Å². The van der Waals surface area contributed by atoms with Gasteiger partial charge in [0.05, 0.1) is 5.69 Å². The van der Waals surface area contributed by atoms with Crippen LogP contribution in [-0.2, 0) is 0 Å². The van der Waals surface area contributed by atoms with Gasteiger partial charge >= 0.3 is 0 Å². The first kappa shape index (κ1) is 14.3. The molecule has 0 atom stereocenters. The Morgan fingerprint density at radius 1 is 1.10 bits per heavy atom. The van der Waals surface area contributed by atoms with Gasteiger partial charge in [-0.25, -0.2) is 0 Å². The topological polar surface area (TPSA) is 52.2 Å². The lowest BCUT2D eigenvalue weighted by molar-refractivity contribution is 0.0786. The number of aromatic amines is 1. The average molecular weight is 272 g/mol. The maximum atomic E-state index is 12.2. The molecule has 0 aliphatic carbocycles. The SMILES string of the molecule is CN(C)CCN(C)C(=O)c1ccc(-c2ccn[nH]2)cc1. The molecular weight excluding hydrogens is 252 g/mol. The number of benzene rings is 1. The van der Waals surface area contributed by atoms with E-state index in [4.69, 9.17) is 0 Å². The summed E-state index contributed by atoms with van der Waals surface area (Å²) in [6.07, 6.45) is 1.71. The minimum absolute atomic E-state index is 0.0445. The van der Waals surface area contributed by atoms with Crippen molar-refractivity contribution in [1.82, 2.24) is 20.0 Å². The summed E-state index contributed by atoms with van der Waals surface area (Å²) in [6, 6.07) is 9.47. The Balaban J connectivity index is 2.04. The van der Waals surface area contributed by atoms with Crippen molar-refractivity contribution in [2.24, 2.45) is 0 Å². The lowest BCUT2D eigenvalue weighted by Crippen LogP contribution is -2.33. The van der Waals surface area contributed by atoms with Crippen molar-refractivity contribution >= 4 is 5.91 Å². The predicted molar refractivity (Wildman–Crippen MR) is 79.5 cm³/mol. The van der Waals surface area contributed by atoms with Crippen molar-refractivity contribution in [1.29, 1.82) is 0 Å². The van der Waals surface area contributed by atoms with Gasteiger partial charge in [-0.2, -0.15) is 5.10 Å². The minimum Gasteiger partial charge on any atom is -0.340 e. The molecule has 0 aliphatic heterocycles. The van der Waals surface area contributed by atoms with Gasteiger partial charge in [0.25, 0.3) is 5.91 Å². The highest BCUT2D eigenvalue weighted by molar-refractivity contribution is 5.94. The zero-order valence-corrected chi connectivity index (χ0v) is 12.1. The molecule has 0 fully saturated rings. The van der Waals surface area contributed by atoms with Crippen LogP contribution in [0.25, 0.3) is 11.3 Å². The first-order chi connectivity index (χ1) is 9.58. The Kier molecular flexibility index (Phi) is 4.53. The molecule has 106 valence electrons. The first-order valence-electron chi connectivity index (χ1n) is 6.58. The van der Waals surface area contributed by atoms with E-state index < -0.39 is 0 Å². The smallest absolute Gasteiger partial charge is 0.253 e. The number of hydrogen-bond donors (Lipinski definition) is 1. The Hall–Kier alpha value is -2.14. The van der Waals surface area contributed by atoms with E-state index in [9.17, 15) is 4.79 Å². The number of H-pyrrole nitrogens is 1. The molecule has 0 bridgehead atoms. The summed E-state index contributed by atoms with van der Waals surface area (Å²) in [5.41, 5.74) is 2.68. The summed E-state index contributed by atoms with van der Waals surface area (Å²) in [5.74, 6) is 0.0445. The summed E-state index contributed by atoms with van der Waals surface area (Å²) in [6.45, 7) is 1.57. The third-order valence-electron chi connectivity index (χ3n) is 3.17. The molecule has 0 saturated heterocycles. The number of nitrogens with zero attached hydrogens (tertiary/aromatic N) is 3. The number of likely N-dealkylation sites (N-methyl/N-ethyl adjacent to an activating group) is 2. The second-order valence-corrected chi connectivity index (χ2v) is 5.08. The first-order valence-corrected chi connectivity index (χ1v) is 6.58. The molecule has 0 spiro atoms. The van der Waals surface area contributed by atoms with Gasteiger partial charge in [0, 0.05) is 31.9 Å². The number of carbonyl (C=O) groups is 1. The van der Waals surface area contributed by atoms with Crippen LogP contribution in [0.4, 0.5) is 0 Å². The molecule has 0 aliphatic rings. The Bertz CT molecular complexity index is 546. The van der Waals surface area contributed by atoms with Gasteiger partial charge in [-0.15, -0.1) is 0 Å². The number of amides is 1. The van der Waals surface area contributed by atoms with Gasteiger partial charge in [0.1, 0.15) is 0 Å². The average Bonchev–Trinajstić information content (AvgIpc) is 2.98. The highest BCUT2D eigenvalue weighted by Gasteiger charge is 2.11. The fraction of sp³-hybridized carbons (Fsp3) is 0.333. The van der Waals surface area contributed by atoms with Gasteiger partial charge in [-0.1, -0.05) is 12.1 Å². The molecule has 1 aromatic carbocycles. The summed E-state index contributed by atoms with van der Waals surface area (Å²) >= 11 is 0. The van der Waals surface area contributed by atoms with E-state index in [-0.39, 0.29) is 5.91 Å². The van der Waals surface area contributed by atoms with Crippen LogP contribution in [0.5, 0.6) is 0 Å². The molecule has 0 radical (unpaired) electrons. The second-order valence-electron chi connectivity index (χ2n) is 5.08. The van der Waals surface area contributed by atoms with Crippen molar-refractivity contribution < 1.29 is 4.79 Å². The van der Waals surface area contributed by atoms with Gasteiger partial charge in [-0.3, -0.25) is 9.89 Å². The van der Waals surface area contributed by atoms with Crippen LogP contribution >= 0.6 is 0 Å². The van der Waals surface area contributed by atoms with E-state index in [1.54, 1.807) is 11.1 Å². The number of aromatic nitrogens is 2. The molecular formula is C15H20N4O. The van der Waals surface area contributed by atoms with Crippen LogP contribution in [0.15, 0.2) is 36.5 Å². The standard InChI is InChI=1S/C15H20N4O/c1-18(2)10-11-19(3)15(20)13-6-4-12(5-7-13)14-8-9-16-17-14/h4-9H,10-11H2,1-3H3,(H,16,17). The second kappa shape index (κ2) is 6.34. The van der Waals surface area contributed by atoms with Gasteiger partial charge in [-0.05, 0) is 37.9 Å². The van der Waals surface area contributed by atoms with Crippen LogP contribution in [-0.4, -0.2) is 60.1 Å². The van der Waals surface area contributed by atoms with Crippen molar-refractivity contribution in [3.8, 4) is 11.3 Å². The molecule has 2 aromatic rings. The third-order valence-corrected chi connectivity index (χ3v) is 3.17. The molecule has 0 saturated carbocycles. The van der Waals surface area contributed by atoms with E-state index in [0.29, 0.717) is 12.1 Å². The maximum Gasteiger partial charge on any atom is 0.253 e. The molecule has 1 aromatic heterocycles. The van der Waals surface area contributed by atoms with Crippen LogP contribution in [0.2, 0.25) is 0 Å². The van der Waals surface area contributed by atoms with Crippen molar-refractivity contribution in [3.05, 3.63) is 42.1 Å². The molecule has 5 nitrogen and oxygen atoms in total. The number of nitrogens with one attached hydrogen (secondary N) is 1. The molecule has 20 heavy (non-hydrogen) atoms. The summed E-state index contributed by atoms with van der Waals surface area (Å²) in [5, 5.41) is 6.83. The van der Waals surface area contributed by atoms with Gasteiger partial charge in [0.2, 0.25) is 0 Å². The van der Waals surface area contributed by atoms with Crippen molar-refractivity contribution in [2.75, 3.05) is 34.2 Å². The van der Waals surface area contributed by atoms with E-state index in [0.717, 1.165) is 17.8 Å². The lowest BCUT2D eigenvalue weighted by Gasteiger charge is -2.19. The summed E-state index contributed by atoms with van der Waals surface area (Å²) < 4.78 is 0. The van der Waals surface area contributed by atoms with Crippen molar-refractivity contribution in [2.45, 2.75) is 0 Å². The number of carbonyl (C=O) groups excluding carboxylic acids is 1. The summed E-state index contributed by atoms with van der Waals surface area (Å²) in [4.78, 5) is 16.0. The zero-order chi connectivity index (χ0) is 14.5. The van der Waals surface area contributed by atoms with Crippen LogP contribution in [0, 0.1) is 0 Å². The van der Waals surface area contributed by atoms with Crippen LogP contribution in [0.1, 0.15) is 10.4 Å². The number of rotatable bonds is 5. The number of hydrogen-bond acceptors (Lipinski definition) is 3. The van der Waals surface area contributed by atoms with E-state index in [2.05, 4.69) is 15.1 Å². The van der Waals surface area contributed by atoms with Crippen molar-refractivity contribution in [3.63, 3.8) is 0 Å². The largest absolute Gasteiger partial charge is 0.340 e. The molecule has 0 unspecified atom stereocenters. The Morgan fingerprint density at radius 3 is 2.35 bits per heavy atom. The van der Waals surface area contributed by atoms with E-state index in [1.807, 2.05) is 51.5 Å². The highest BCUT2D eigenvalue weighted by Crippen LogP contribution is 2.17. The fourth-order valence-corrected chi connectivity index (χ4v) is 1.88. The third kappa shape index (κ3) is 3.45. The normalized spacial score (nSPS) is 10.8. The monoisotopic (exact) mass is 272 g/mol. The molecule has 1 N–H and O–H groups in total. The summed E-state index contributed by atoms with van der Waals surface area (Å²) in [7, 11) is 5.82. The van der Waals surface area contributed by atoms with Gasteiger partial charge in [0.15, 0.2) is 0 Å². The van der Waals surface area contributed by atoms with E-state index in [1.165, 1.54) is 0 Å². The highest BCUT2D eigenvalue weighted by atomic mass is 16.2. The molecule has 2 rings (SSSR count). The molecule has 5 heteroatoms. The van der Waals surface area contributed by atoms with Crippen LogP contribution < -0.4 is 0 Å². The fourth-order valence-electron chi connectivity index (χ4n) is 1.88. The Morgan fingerprint density at radius 2 is 1.80 bits per heavy atom.